The van der Waals surface area contributed by atoms with E-state index in [1.165, 1.54) is 11.1 Å². The van der Waals surface area contributed by atoms with Gasteiger partial charge in [0.15, 0.2) is 0 Å². The molecule has 1 unspecified atom stereocenters. The maximum atomic E-state index is 6.20. The first kappa shape index (κ1) is 14.4. The number of aryl methyl sites for hydroxylation is 2. The lowest BCUT2D eigenvalue weighted by molar-refractivity contribution is 0.337. The van der Waals surface area contributed by atoms with Crippen molar-refractivity contribution >= 4 is 17.3 Å². The molecule has 0 bridgehead atoms. The Labute approximate surface area is 131 Å². The third-order valence-corrected chi connectivity index (χ3v) is 4.61. The minimum atomic E-state index is 0.157. The highest BCUT2D eigenvalue weighted by atomic mass is 35.5. The second-order valence-corrected chi connectivity index (χ2v) is 7.11. The first-order valence-corrected chi connectivity index (χ1v) is 7.74. The molecule has 2 nitrogen and oxygen atoms in total. The van der Waals surface area contributed by atoms with Crippen molar-refractivity contribution in [1.29, 1.82) is 0 Å². The van der Waals surface area contributed by atoms with E-state index in [1.807, 2.05) is 13.0 Å². The van der Waals surface area contributed by atoms with Gasteiger partial charge in [0.2, 0.25) is 0 Å². The van der Waals surface area contributed by atoms with Crippen LogP contribution in [0.2, 0.25) is 5.02 Å². The van der Waals surface area contributed by atoms with Gasteiger partial charge < -0.3 is 5.32 Å². The molecule has 0 spiro atoms. The molecule has 0 aliphatic heterocycles. The van der Waals surface area contributed by atoms with Crippen molar-refractivity contribution < 1.29 is 0 Å². The van der Waals surface area contributed by atoms with E-state index >= 15 is 0 Å². The van der Waals surface area contributed by atoms with Gasteiger partial charge in [-0.25, -0.2) is 0 Å². The summed E-state index contributed by atoms with van der Waals surface area (Å²) in [5.41, 5.74) is 6.05. The topological polar surface area (TPSA) is 24.9 Å². The van der Waals surface area contributed by atoms with E-state index in [0.29, 0.717) is 0 Å². The van der Waals surface area contributed by atoms with Crippen LogP contribution in [0.4, 0.5) is 5.69 Å². The van der Waals surface area contributed by atoms with Gasteiger partial charge in [0.05, 0.1) is 17.4 Å². The number of halogens is 1. The maximum absolute atomic E-state index is 6.20. The molecule has 3 rings (SSSR count). The SMILES string of the molecule is Cc1ccc(NC2c3cc(Cl)ccc3CC2(C)C)c(C)n1. The highest BCUT2D eigenvalue weighted by molar-refractivity contribution is 6.30. The van der Waals surface area contributed by atoms with E-state index in [4.69, 9.17) is 11.6 Å². The standard InChI is InChI=1S/C18H21ClN2/c1-11-5-8-16(12(2)20-11)21-17-15-9-14(19)7-6-13(15)10-18(17,3)4/h5-9,17,21H,10H2,1-4H3. The molecule has 0 fully saturated rings. The number of hydrogen-bond donors (Lipinski definition) is 1. The molecule has 0 radical (unpaired) electrons. The molecule has 1 aromatic heterocycles. The van der Waals surface area contributed by atoms with Crippen molar-refractivity contribution in [2.45, 2.75) is 40.2 Å². The Morgan fingerprint density at radius 1 is 1.19 bits per heavy atom. The van der Waals surface area contributed by atoms with Gasteiger partial charge >= 0.3 is 0 Å². The number of benzene rings is 1. The first-order valence-electron chi connectivity index (χ1n) is 7.36. The third-order valence-electron chi connectivity index (χ3n) is 4.37. The van der Waals surface area contributed by atoms with E-state index in [9.17, 15) is 0 Å². The molecular formula is C18H21ClN2. The van der Waals surface area contributed by atoms with Crippen LogP contribution in [0.15, 0.2) is 30.3 Å². The molecule has 1 aliphatic carbocycles. The van der Waals surface area contributed by atoms with Crippen molar-refractivity contribution in [3.63, 3.8) is 0 Å². The minimum absolute atomic E-state index is 0.157. The van der Waals surface area contributed by atoms with Gasteiger partial charge in [0.1, 0.15) is 0 Å². The number of anilines is 1. The first-order chi connectivity index (χ1) is 9.87. The van der Waals surface area contributed by atoms with Gasteiger partial charge in [-0.2, -0.15) is 0 Å². The predicted molar refractivity (Wildman–Crippen MR) is 89.0 cm³/mol. The number of pyridine rings is 1. The molecule has 1 aromatic carbocycles. The van der Waals surface area contributed by atoms with Crippen LogP contribution >= 0.6 is 11.6 Å². The molecular weight excluding hydrogens is 280 g/mol. The van der Waals surface area contributed by atoms with Crippen LogP contribution in [0.1, 0.15) is 42.4 Å². The molecule has 0 amide bonds. The van der Waals surface area contributed by atoms with Crippen molar-refractivity contribution in [3.05, 3.63) is 57.9 Å². The van der Waals surface area contributed by atoms with E-state index in [-0.39, 0.29) is 11.5 Å². The van der Waals surface area contributed by atoms with Gasteiger partial charge in [0, 0.05) is 10.7 Å². The summed E-state index contributed by atoms with van der Waals surface area (Å²) in [6.45, 7) is 8.67. The molecule has 110 valence electrons. The Bertz CT molecular complexity index is 692. The van der Waals surface area contributed by atoms with Crippen LogP contribution in [0.25, 0.3) is 0 Å². The highest BCUT2D eigenvalue weighted by Crippen LogP contribution is 2.47. The molecule has 2 aromatic rings. The second-order valence-electron chi connectivity index (χ2n) is 6.67. The average molecular weight is 301 g/mol. The average Bonchev–Trinajstić information content (AvgIpc) is 2.63. The zero-order chi connectivity index (χ0) is 15.2. The molecule has 0 saturated heterocycles. The van der Waals surface area contributed by atoms with Crippen LogP contribution in [-0.2, 0) is 6.42 Å². The molecule has 1 atom stereocenters. The van der Waals surface area contributed by atoms with Crippen LogP contribution < -0.4 is 5.32 Å². The summed E-state index contributed by atoms with van der Waals surface area (Å²) < 4.78 is 0. The zero-order valence-electron chi connectivity index (χ0n) is 13.0. The quantitative estimate of drug-likeness (QED) is 0.836. The Morgan fingerprint density at radius 3 is 2.67 bits per heavy atom. The monoisotopic (exact) mass is 300 g/mol. The summed E-state index contributed by atoms with van der Waals surface area (Å²) >= 11 is 6.20. The normalized spacial score (nSPS) is 19.4. The Balaban J connectivity index is 1.99. The number of hydrogen-bond acceptors (Lipinski definition) is 2. The number of nitrogens with one attached hydrogen (secondary N) is 1. The second kappa shape index (κ2) is 5.03. The fourth-order valence-electron chi connectivity index (χ4n) is 3.28. The van der Waals surface area contributed by atoms with Crippen LogP contribution in [-0.4, -0.2) is 4.98 Å². The summed E-state index contributed by atoms with van der Waals surface area (Å²) in [6.07, 6.45) is 1.06. The van der Waals surface area contributed by atoms with E-state index in [2.05, 4.69) is 55.3 Å². The summed E-state index contributed by atoms with van der Waals surface area (Å²) in [7, 11) is 0. The van der Waals surface area contributed by atoms with Crippen LogP contribution in [0, 0.1) is 19.3 Å². The van der Waals surface area contributed by atoms with Gasteiger partial charge in [-0.15, -0.1) is 0 Å². The van der Waals surface area contributed by atoms with E-state index in [1.54, 1.807) is 0 Å². The van der Waals surface area contributed by atoms with Gasteiger partial charge in [0.25, 0.3) is 0 Å². The lowest BCUT2D eigenvalue weighted by atomic mass is 9.85. The van der Waals surface area contributed by atoms with Crippen molar-refractivity contribution in [1.82, 2.24) is 4.98 Å². The fraction of sp³-hybridized carbons (Fsp3) is 0.389. The minimum Gasteiger partial charge on any atom is -0.376 e. The van der Waals surface area contributed by atoms with Crippen LogP contribution in [0.3, 0.4) is 0 Å². The van der Waals surface area contributed by atoms with E-state index in [0.717, 1.165) is 28.5 Å². The molecule has 0 saturated carbocycles. The van der Waals surface area contributed by atoms with Gasteiger partial charge in [-0.3, -0.25) is 4.98 Å². The van der Waals surface area contributed by atoms with Crippen molar-refractivity contribution in [3.8, 4) is 0 Å². The maximum Gasteiger partial charge on any atom is 0.0607 e. The highest BCUT2D eigenvalue weighted by Gasteiger charge is 2.39. The molecule has 1 aliphatic rings. The number of rotatable bonds is 2. The number of nitrogens with zero attached hydrogens (tertiary/aromatic N) is 1. The lowest BCUT2D eigenvalue weighted by Crippen LogP contribution is -2.25. The Hall–Kier alpha value is -1.54. The molecule has 3 heteroatoms. The van der Waals surface area contributed by atoms with E-state index < -0.39 is 0 Å². The zero-order valence-corrected chi connectivity index (χ0v) is 13.8. The Kier molecular flexibility index (Phi) is 3.45. The van der Waals surface area contributed by atoms with Crippen molar-refractivity contribution in [2.75, 3.05) is 5.32 Å². The summed E-state index contributed by atoms with van der Waals surface area (Å²) in [5.74, 6) is 0. The lowest BCUT2D eigenvalue weighted by Gasteiger charge is -2.30. The van der Waals surface area contributed by atoms with Gasteiger partial charge in [-0.05, 0) is 61.1 Å². The van der Waals surface area contributed by atoms with Gasteiger partial charge in [-0.1, -0.05) is 31.5 Å². The summed E-state index contributed by atoms with van der Waals surface area (Å²) in [6, 6.07) is 10.7. The third kappa shape index (κ3) is 2.65. The predicted octanol–water partition coefficient (Wildman–Crippen LogP) is 5.09. The summed E-state index contributed by atoms with van der Waals surface area (Å²) in [4.78, 5) is 4.55. The molecule has 21 heavy (non-hydrogen) atoms. The Morgan fingerprint density at radius 2 is 1.95 bits per heavy atom. The largest absolute Gasteiger partial charge is 0.376 e. The molecule has 1 heterocycles. The van der Waals surface area contributed by atoms with Crippen molar-refractivity contribution in [2.24, 2.45) is 5.41 Å². The number of fused-ring (bicyclic) bond motifs is 1. The smallest absolute Gasteiger partial charge is 0.0607 e. The number of aromatic nitrogens is 1. The molecule has 1 N–H and O–H groups in total. The fourth-order valence-corrected chi connectivity index (χ4v) is 3.46. The summed E-state index contributed by atoms with van der Waals surface area (Å²) in [5, 5.41) is 4.49. The van der Waals surface area contributed by atoms with Crippen LogP contribution in [0.5, 0.6) is 0 Å².